The van der Waals surface area contributed by atoms with Crippen molar-refractivity contribution < 1.29 is 9.53 Å². The van der Waals surface area contributed by atoms with E-state index in [1.54, 1.807) is 0 Å². The molecule has 2 N–H and O–H groups in total. The second kappa shape index (κ2) is 7.65. The fourth-order valence-corrected chi connectivity index (χ4v) is 4.04. The molecule has 1 aromatic carbocycles. The van der Waals surface area contributed by atoms with Crippen LogP contribution in [0.3, 0.4) is 0 Å². The van der Waals surface area contributed by atoms with Gasteiger partial charge in [-0.1, -0.05) is 6.07 Å². The lowest BCUT2D eigenvalue weighted by atomic mass is 10.0. The van der Waals surface area contributed by atoms with Gasteiger partial charge in [-0.25, -0.2) is 4.79 Å². The molecule has 2 heterocycles. The van der Waals surface area contributed by atoms with Crippen molar-refractivity contribution in [2.45, 2.75) is 57.1 Å². The van der Waals surface area contributed by atoms with Gasteiger partial charge in [-0.05, 0) is 69.1 Å². The first kappa shape index (κ1) is 16.7. The molecule has 2 aliphatic heterocycles. The van der Waals surface area contributed by atoms with Gasteiger partial charge in [0.05, 0.1) is 6.10 Å². The summed E-state index contributed by atoms with van der Waals surface area (Å²) in [7, 11) is 0. The van der Waals surface area contributed by atoms with Crippen LogP contribution in [-0.4, -0.2) is 37.9 Å². The van der Waals surface area contributed by atoms with E-state index in [0.717, 1.165) is 44.1 Å². The summed E-state index contributed by atoms with van der Waals surface area (Å²) in [6.45, 7) is 2.98. The Morgan fingerprint density at radius 2 is 1.96 bits per heavy atom. The summed E-state index contributed by atoms with van der Waals surface area (Å²) in [6.07, 6.45) is 8.61. The van der Waals surface area contributed by atoms with E-state index in [0.29, 0.717) is 6.10 Å². The number of ether oxygens (including phenoxy) is 1. The van der Waals surface area contributed by atoms with E-state index in [-0.39, 0.29) is 12.1 Å². The Morgan fingerprint density at radius 3 is 2.76 bits per heavy atom. The summed E-state index contributed by atoms with van der Waals surface area (Å²) in [6, 6.07) is 8.33. The van der Waals surface area contributed by atoms with E-state index >= 15 is 0 Å². The number of carbonyl (C=O) groups is 1. The highest BCUT2D eigenvalue weighted by Crippen LogP contribution is 2.38. The molecule has 25 heavy (non-hydrogen) atoms. The average molecular weight is 343 g/mol. The molecule has 1 aliphatic carbocycles. The topological polar surface area (TPSA) is 53.6 Å². The molecule has 0 spiro atoms. The van der Waals surface area contributed by atoms with Crippen LogP contribution >= 0.6 is 0 Å². The Bertz CT molecular complexity index is 596. The van der Waals surface area contributed by atoms with Crippen LogP contribution < -0.4 is 15.5 Å². The van der Waals surface area contributed by atoms with Gasteiger partial charge in [0.1, 0.15) is 0 Å². The number of amides is 2. The predicted octanol–water partition coefficient (Wildman–Crippen LogP) is 3.76. The van der Waals surface area contributed by atoms with Crippen LogP contribution in [0.4, 0.5) is 16.2 Å². The summed E-state index contributed by atoms with van der Waals surface area (Å²) >= 11 is 0. The van der Waals surface area contributed by atoms with Gasteiger partial charge in [0.25, 0.3) is 0 Å². The van der Waals surface area contributed by atoms with Crippen LogP contribution in [0.2, 0.25) is 0 Å². The van der Waals surface area contributed by atoms with Crippen molar-refractivity contribution in [3.8, 4) is 0 Å². The minimum absolute atomic E-state index is 0.0998. The monoisotopic (exact) mass is 343 g/mol. The molecular weight excluding hydrogens is 314 g/mol. The predicted molar refractivity (Wildman–Crippen MR) is 100 cm³/mol. The first-order valence-corrected chi connectivity index (χ1v) is 9.82. The van der Waals surface area contributed by atoms with Crippen LogP contribution in [-0.2, 0) is 4.74 Å². The molecule has 5 nitrogen and oxygen atoms in total. The highest BCUT2D eigenvalue weighted by Gasteiger charge is 2.36. The van der Waals surface area contributed by atoms with E-state index in [1.807, 2.05) is 12.1 Å². The smallest absolute Gasteiger partial charge is 0.319 e. The van der Waals surface area contributed by atoms with E-state index in [2.05, 4.69) is 27.7 Å². The van der Waals surface area contributed by atoms with Gasteiger partial charge in [0, 0.05) is 37.1 Å². The molecule has 1 aromatic rings. The maximum Gasteiger partial charge on any atom is 0.319 e. The molecule has 0 bridgehead atoms. The zero-order chi connectivity index (χ0) is 17.1. The van der Waals surface area contributed by atoms with E-state index in [1.165, 1.54) is 37.8 Å². The zero-order valence-corrected chi connectivity index (χ0v) is 14.9. The largest absolute Gasteiger partial charge is 0.378 e. The highest BCUT2D eigenvalue weighted by molar-refractivity contribution is 5.90. The van der Waals surface area contributed by atoms with Crippen molar-refractivity contribution in [3.63, 3.8) is 0 Å². The van der Waals surface area contributed by atoms with Crippen LogP contribution in [0.1, 0.15) is 44.9 Å². The summed E-state index contributed by atoms with van der Waals surface area (Å²) < 4.78 is 5.84. The fraction of sp³-hybridized carbons (Fsp3) is 0.650. The number of nitrogens with one attached hydrogen (secondary N) is 2. The molecule has 2 saturated heterocycles. The molecule has 2 atom stereocenters. The number of nitrogens with zero attached hydrogens (tertiary/aromatic N) is 1. The number of hydrogen-bond acceptors (Lipinski definition) is 3. The van der Waals surface area contributed by atoms with E-state index in [4.69, 9.17) is 4.74 Å². The Morgan fingerprint density at radius 1 is 1.12 bits per heavy atom. The standard InChI is InChI=1S/C20H29N3O2/c24-20(22-17-9-12-25-19(14-17)15-7-8-15)21-16-5-4-6-18(13-16)23-10-2-1-3-11-23/h4-6,13,15,17,19H,1-3,7-12,14H2,(H2,21,22,24). The third kappa shape index (κ3) is 4.46. The number of benzene rings is 1. The summed E-state index contributed by atoms with van der Waals surface area (Å²) in [5.74, 6) is 0.730. The van der Waals surface area contributed by atoms with E-state index < -0.39 is 0 Å². The molecule has 0 aromatic heterocycles. The molecule has 136 valence electrons. The lowest BCUT2D eigenvalue weighted by molar-refractivity contribution is -0.00889. The van der Waals surface area contributed by atoms with Crippen LogP contribution in [0, 0.1) is 5.92 Å². The summed E-state index contributed by atoms with van der Waals surface area (Å²) in [5.41, 5.74) is 2.07. The number of hydrogen-bond donors (Lipinski definition) is 2. The number of anilines is 2. The Kier molecular flexibility index (Phi) is 5.11. The summed E-state index contributed by atoms with van der Waals surface area (Å²) in [5, 5.41) is 6.15. The molecule has 2 amide bonds. The number of urea groups is 1. The van der Waals surface area contributed by atoms with Gasteiger partial charge in [0.2, 0.25) is 0 Å². The SMILES string of the molecule is O=C(Nc1cccc(N2CCCCC2)c1)NC1CCOC(C2CC2)C1. The number of piperidine rings is 1. The Labute approximate surface area is 150 Å². The first-order chi connectivity index (χ1) is 12.3. The quantitative estimate of drug-likeness (QED) is 0.875. The van der Waals surface area contributed by atoms with Crippen molar-refractivity contribution in [3.05, 3.63) is 24.3 Å². The number of rotatable bonds is 4. The number of carbonyl (C=O) groups excluding carboxylic acids is 1. The van der Waals surface area contributed by atoms with E-state index in [9.17, 15) is 4.79 Å². The second-order valence-electron chi connectivity index (χ2n) is 7.66. The third-order valence-corrected chi connectivity index (χ3v) is 5.62. The molecular formula is C20H29N3O2. The van der Waals surface area contributed by atoms with Gasteiger partial charge < -0.3 is 20.3 Å². The lowest BCUT2D eigenvalue weighted by Gasteiger charge is -2.30. The van der Waals surface area contributed by atoms with Crippen molar-refractivity contribution in [2.24, 2.45) is 5.92 Å². The maximum absolute atomic E-state index is 12.4. The van der Waals surface area contributed by atoms with Crippen LogP contribution in [0.25, 0.3) is 0 Å². The van der Waals surface area contributed by atoms with Crippen molar-refractivity contribution in [2.75, 3.05) is 29.9 Å². The second-order valence-corrected chi connectivity index (χ2v) is 7.66. The minimum Gasteiger partial charge on any atom is -0.378 e. The molecule has 3 fully saturated rings. The first-order valence-electron chi connectivity index (χ1n) is 9.82. The van der Waals surface area contributed by atoms with Crippen molar-refractivity contribution in [1.29, 1.82) is 0 Å². The Balaban J connectivity index is 1.31. The molecule has 2 unspecified atom stereocenters. The van der Waals surface area contributed by atoms with Crippen molar-refractivity contribution >= 4 is 17.4 Å². The average Bonchev–Trinajstić information content (AvgIpc) is 3.48. The molecule has 4 rings (SSSR count). The Hall–Kier alpha value is -1.75. The van der Waals surface area contributed by atoms with Gasteiger partial charge in [-0.15, -0.1) is 0 Å². The molecule has 1 saturated carbocycles. The van der Waals surface area contributed by atoms with Crippen LogP contribution in [0.5, 0.6) is 0 Å². The van der Waals surface area contributed by atoms with Gasteiger partial charge >= 0.3 is 6.03 Å². The molecule has 3 aliphatic rings. The minimum atomic E-state index is -0.0998. The van der Waals surface area contributed by atoms with Gasteiger partial charge in [-0.3, -0.25) is 0 Å². The molecule has 0 radical (unpaired) electrons. The lowest BCUT2D eigenvalue weighted by Crippen LogP contribution is -2.44. The molecule has 5 heteroatoms. The fourth-order valence-electron chi connectivity index (χ4n) is 4.04. The third-order valence-electron chi connectivity index (χ3n) is 5.62. The maximum atomic E-state index is 12.4. The highest BCUT2D eigenvalue weighted by atomic mass is 16.5. The van der Waals surface area contributed by atoms with Crippen LogP contribution in [0.15, 0.2) is 24.3 Å². The zero-order valence-electron chi connectivity index (χ0n) is 14.9. The van der Waals surface area contributed by atoms with Crippen molar-refractivity contribution in [1.82, 2.24) is 5.32 Å². The normalized spacial score (nSPS) is 27.0. The van der Waals surface area contributed by atoms with Gasteiger partial charge in [0.15, 0.2) is 0 Å². The van der Waals surface area contributed by atoms with Gasteiger partial charge in [-0.2, -0.15) is 0 Å². The summed E-state index contributed by atoms with van der Waals surface area (Å²) in [4.78, 5) is 14.8.